The van der Waals surface area contributed by atoms with Crippen molar-refractivity contribution in [3.63, 3.8) is 0 Å². The first-order valence-corrected chi connectivity index (χ1v) is 10.6. The Kier molecular flexibility index (Phi) is 5.77. The molecule has 0 bridgehead atoms. The molecular weight excluding hydrogens is 421 g/mol. The highest BCUT2D eigenvalue weighted by Crippen LogP contribution is 2.25. The predicted molar refractivity (Wildman–Crippen MR) is 105 cm³/mol. The maximum atomic E-state index is 13.7. The van der Waals surface area contributed by atoms with Crippen LogP contribution in [0, 0.1) is 5.82 Å². The number of carbonyl (C=O) groups excluding carboxylic acids is 2. The number of rotatable bonds is 7. The van der Waals surface area contributed by atoms with E-state index in [1.54, 1.807) is 11.6 Å². The Morgan fingerprint density at radius 3 is 2.69 bits per heavy atom. The first-order chi connectivity index (χ1) is 13.7. The topological polar surface area (TPSA) is 147 Å². The van der Waals surface area contributed by atoms with Crippen LogP contribution >= 0.6 is 11.3 Å². The minimum Gasteiger partial charge on any atom is -0.364 e. The summed E-state index contributed by atoms with van der Waals surface area (Å²) in [5.41, 5.74) is 6.50. The lowest BCUT2D eigenvalue weighted by Gasteiger charge is -2.13. The van der Waals surface area contributed by atoms with Crippen LogP contribution in [0.2, 0.25) is 0 Å². The van der Waals surface area contributed by atoms with Gasteiger partial charge in [0.1, 0.15) is 16.4 Å². The third-order valence-corrected chi connectivity index (χ3v) is 6.16. The molecule has 0 spiro atoms. The van der Waals surface area contributed by atoms with Crippen LogP contribution in [0.1, 0.15) is 17.4 Å². The summed E-state index contributed by atoms with van der Waals surface area (Å²) in [5.74, 6) is -2.20. The SMILES string of the molecule is C[C@H](NS(=O)(=O)c1ccccc1F)C(=O)Nc1nc(-c2c[nH]c(C(N)=O)c2)cs1. The molecule has 2 heterocycles. The fourth-order valence-electron chi connectivity index (χ4n) is 2.37. The molecule has 29 heavy (non-hydrogen) atoms. The number of thiazole rings is 1. The van der Waals surface area contributed by atoms with E-state index in [9.17, 15) is 22.4 Å². The average molecular weight is 437 g/mol. The number of nitrogens with two attached hydrogens (primary N) is 1. The molecule has 0 unspecified atom stereocenters. The van der Waals surface area contributed by atoms with Crippen LogP contribution in [0.3, 0.4) is 0 Å². The molecule has 0 radical (unpaired) electrons. The molecule has 3 aromatic rings. The number of anilines is 1. The summed E-state index contributed by atoms with van der Waals surface area (Å²) in [7, 11) is -4.22. The summed E-state index contributed by atoms with van der Waals surface area (Å²) in [6, 6.07) is 5.20. The molecule has 12 heteroatoms. The number of benzene rings is 1. The number of primary amides is 1. The number of carbonyl (C=O) groups is 2. The molecule has 152 valence electrons. The van der Waals surface area contributed by atoms with Gasteiger partial charge in [-0.2, -0.15) is 4.72 Å². The van der Waals surface area contributed by atoms with Gasteiger partial charge in [0.15, 0.2) is 5.13 Å². The fourth-order valence-corrected chi connectivity index (χ4v) is 4.38. The van der Waals surface area contributed by atoms with Crippen LogP contribution in [-0.4, -0.2) is 36.2 Å². The number of amides is 2. The average Bonchev–Trinajstić information content (AvgIpc) is 3.30. The highest BCUT2D eigenvalue weighted by molar-refractivity contribution is 7.89. The molecule has 3 rings (SSSR count). The van der Waals surface area contributed by atoms with Crippen LogP contribution in [0.25, 0.3) is 11.3 Å². The van der Waals surface area contributed by atoms with Gasteiger partial charge in [-0.05, 0) is 25.1 Å². The van der Waals surface area contributed by atoms with E-state index in [-0.39, 0.29) is 10.8 Å². The molecule has 2 aromatic heterocycles. The zero-order valence-electron chi connectivity index (χ0n) is 15.0. The standard InChI is InChI=1S/C17H16FN5O4S2/c1-9(23-29(26,27)14-5-3-2-4-11(14)18)16(25)22-17-21-13(8-28-17)10-6-12(15(19)24)20-7-10/h2-9,20,23H,1H3,(H2,19,24)(H,21,22,25)/t9-/m0/s1. The van der Waals surface area contributed by atoms with E-state index in [0.29, 0.717) is 11.3 Å². The van der Waals surface area contributed by atoms with Gasteiger partial charge in [0.2, 0.25) is 15.9 Å². The first kappa shape index (κ1) is 20.6. The van der Waals surface area contributed by atoms with Gasteiger partial charge in [-0.1, -0.05) is 12.1 Å². The fraction of sp³-hybridized carbons (Fsp3) is 0.118. The highest BCUT2D eigenvalue weighted by atomic mass is 32.2. The maximum absolute atomic E-state index is 13.7. The lowest BCUT2D eigenvalue weighted by Crippen LogP contribution is -2.41. The van der Waals surface area contributed by atoms with Crippen molar-refractivity contribution in [1.82, 2.24) is 14.7 Å². The quantitative estimate of drug-likeness (QED) is 0.444. The monoisotopic (exact) mass is 437 g/mol. The minimum atomic E-state index is -4.22. The van der Waals surface area contributed by atoms with Crippen molar-refractivity contribution < 1.29 is 22.4 Å². The van der Waals surface area contributed by atoms with Gasteiger partial charge in [-0.3, -0.25) is 9.59 Å². The molecule has 0 saturated heterocycles. The molecule has 1 atom stereocenters. The molecular formula is C17H16FN5O4S2. The summed E-state index contributed by atoms with van der Waals surface area (Å²) in [6.07, 6.45) is 1.55. The number of H-pyrrole nitrogens is 1. The Bertz CT molecular complexity index is 1170. The van der Waals surface area contributed by atoms with Crippen molar-refractivity contribution in [3.05, 3.63) is 53.4 Å². The summed E-state index contributed by atoms with van der Waals surface area (Å²) in [5, 5.41) is 4.37. The molecule has 0 aliphatic rings. The van der Waals surface area contributed by atoms with Crippen molar-refractivity contribution in [2.24, 2.45) is 5.73 Å². The molecule has 2 amide bonds. The number of sulfonamides is 1. The van der Waals surface area contributed by atoms with Crippen molar-refractivity contribution in [3.8, 4) is 11.3 Å². The van der Waals surface area contributed by atoms with Gasteiger partial charge >= 0.3 is 0 Å². The van der Waals surface area contributed by atoms with Gasteiger partial charge in [0.05, 0.1) is 11.7 Å². The molecule has 1 aromatic carbocycles. The number of nitrogens with one attached hydrogen (secondary N) is 3. The smallest absolute Gasteiger partial charge is 0.265 e. The van der Waals surface area contributed by atoms with Gasteiger partial charge in [-0.25, -0.2) is 17.8 Å². The Hall–Kier alpha value is -3.09. The third kappa shape index (κ3) is 4.67. The second-order valence-electron chi connectivity index (χ2n) is 5.97. The van der Waals surface area contributed by atoms with E-state index in [0.717, 1.165) is 23.5 Å². The number of aromatic nitrogens is 2. The van der Waals surface area contributed by atoms with Crippen molar-refractivity contribution >= 4 is 38.3 Å². The lowest BCUT2D eigenvalue weighted by atomic mass is 10.2. The van der Waals surface area contributed by atoms with Crippen LogP contribution in [0.4, 0.5) is 9.52 Å². The van der Waals surface area contributed by atoms with Crippen LogP contribution in [0.15, 0.2) is 46.8 Å². The second kappa shape index (κ2) is 8.11. The lowest BCUT2D eigenvalue weighted by molar-refractivity contribution is -0.117. The van der Waals surface area contributed by atoms with Crippen LogP contribution in [0.5, 0.6) is 0 Å². The Balaban J connectivity index is 1.68. The van der Waals surface area contributed by atoms with Crippen molar-refractivity contribution in [2.45, 2.75) is 17.9 Å². The van der Waals surface area contributed by atoms with Gasteiger partial charge in [-0.15, -0.1) is 11.3 Å². The zero-order valence-corrected chi connectivity index (χ0v) is 16.6. The van der Waals surface area contributed by atoms with Crippen LogP contribution in [-0.2, 0) is 14.8 Å². The highest BCUT2D eigenvalue weighted by Gasteiger charge is 2.25. The molecule has 0 saturated carbocycles. The van der Waals surface area contributed by atoms with E-state index in [1.165, 1.54) is 25.1 Å². The molecule has 0 aliphatic heterocycles. The molecule has 5 N–H and O–H groups in total. The summed E-state index contributed by atoms with van der Waals surface area (Å²) < 4.78 is 40.4. The zero-order chi connectivity index (χ0) is 21.2. The second-order valence-corrected chi connectivity index (χ2v) is 8.51. The predicted octanol–water partition coefficient (Wildman–Crippen LogP) is 1.68. The Morgan fingerprint density at radius 2 is 2.03 bits per heavy atom. The number of halogens is 1. The number of hydrogen-bond acceptors (Lipinski definition) is 6. The van der Waals surface area contributed by atoms with E-state index in [2.05, 4.69) is 20.0 Å². The Morgan fingerprint density at radius 1 is 1.31 bits per heavy atom. The largest absolute Gasteiger partial charge is 0.364 e. The van der Waals surface area contributed by atoms with Crippen LogP contribution < -0.4 is 15.8 Å². The van der Waals surface area contributed by atoms with E-state index >= 15 is 0 Å². The van der Waals surface area contributed by atoms with Gasteiger partial charge in [0, 0.05) is 17.1 Å². The molecule has 0 aliphatic carbocycles. The van der Waals surface area contributed by atoms with E-state index in [1.807, 2.05) is 0 Å². The number of aromatic amines is 1. The maximum Gasteiger partial charge on any atom is 0.265 e. The van der Waals surface area contributed by atoms with Crippen molar-refractivity contribution in [2.75, 3.05) is 5.32 Å². The molecule has 0 fully saturated rings. The van der Waals surface area contributed by atoms with E-state index < -0.39 is 38.6 Å². The van der Waals surface area contributed by atoms with Gasteiger partial charge in [0.25, 0.3) is 5.91 Å². The summed E-state index contributed by atoms with van der Waals surface area (Å²) in [4.78, 5) is 29.8. The normalized spacial score (nSPS) is 12.5. The summed E-state index contributed by atoms with van der Waals surface area (Å²) in [6.45, 7) is 1.33. The summed E-state index contributed by atoms with van der Waals surface area (Å²) >= 11 is 1.11. The number of nitrogens with zero attached hydrogens (tertiary/aromatic N) is 1. The number of hydrogen-bond donors (Lipinski definition) is 4. The Labute approximate surface area is 169 Å². The van der Waals surface area contributed by atoms with E-state index in [4.69, 9.17) is 5.73 Å². The van der Waals surface area contributed by atoms with Crippen molar-refractivity contribution in [1.29, 1.82) is 0 Å². The first-order valence-electron chi connectivity index (χ1n) is 8.19. The minimum absolute atomic E-state index is 0.217. The van der Waals surface area contributed by atoms with Gasteiger partial charge < -0.3 is 16.0 Å². The third-order valence-electron chi connectivity index (χ3n) is 3.83. The molecule has 9 nitrogen and oxygen atoms in total.